The van der Waals surface area contributed by atoms with Gasteiger partial charge in [-0.1, -0.05) is 18.2 Å². The van der Waals surface area contributed by atoms with Gasteiger partial charge in [0.1, 0.15) is 12.2 Å². The van der Waals surface area contributed by atoms with E-state index in [0.29, 0.717) is 6.54 Å². The van der Waals surface area contributed by atoms with E-state index < -0.39 is 0 Å². The zero-order valence-corrected chi connectivity index (χ0v) is 10.0. The molecule has 0 bridgehead atoms. The van der Waals surface area contributed by atoms with E-state index in [0.717, 1.165) is 18.8 Å². The van der Waals surface area contributed by atoms with E-state index in [2.05, 4.69) is 39.6 Å². The van der Waals surface area contributed by atoms with E-state index in [4.69, 9.17) is 5.73 Å². The van der Waals surface area contributed by atoms with Gasteiger partial charge in [0.2, 0.25) is 0 Å². The van der Waals surface area contributed by atoms with Gasteiger partial charge in [-0.3, -0.25) is 0 Å². The molecule has 0 unspecified atom stereocenters. The quantitative estimate of drug-likeness (QED) is 0.726. The first kappa shape index (κ1) is 11.0. The highest BCUT2D eigenvalue weighted by atomic mass is 15.3. The maximum absolute atomic E-state index is 5.61. The minimum absolute atomic E-state index is 0.424. The topological polar surface area (TPSA) is 72.5 Å². The first-order chi connectivity index (χ1) is 8.88. The molecule has 3 aromatic rings. The summed E-state index contributed by atoms with van der Waals surface area (Å²) in [4.78, 5) is 3.28. The smallest absolute Gasteiger partial charge is 0.146 e. The van der Waals surface area contributed by atoms with Gasteiger partial charge in [0.15, 0.2) is 0 Å². The van der Waals surface area contributed by atoms with Crippen LogP contribution in [0.25, 0.3) is 10.9 Å². The van der Waals surface area contributed by atoms with Gasteiger partial charge in [0.05, 0.1) is 6.54 Å². The van der Waals surface area contributed by atoms with Gasteiger partial charge in [0, 0.05) is 23.6 Å². The molecular formula is C13H15N5. The fourth-order valence-electron chi connectivity index (χ4n) is 2.20. The summed E-state index contributed by atoms with van der Waals surface area (Å²) in [6.07, 6.45) is 4.74. The molecule has 3 N–H and O–H groups in total. The summed E-state index contributed by atoms with van der Waals surface area (Å²) in [6.45, 7) is 1.27. The maximum Gasteiger partial charge on any atom is 0.146 e. The van der Waals surface area contributed by atoms with Crippen molar-refractivity contribution in [2.45, 2.75) is 19.5 Å². The Balaban J connectivity index is 1.81. The molecule has 0 saturated heterocycles. The van der Waals surface area contributed by atoms with Gasteiger partial charge in [-0.05, 0) is 18.1 Å². The van der Waals surface area contributed by atoms with Crippen molar-refractivity contribution >= 4 is 10.9 Å². The summed E-state index contributed by atoms with van der Waals surface area (Å²) in [5.41, 5.74) is 8.09. The molecule has 0 fully saturated rings. The summed E-state index contributed by atoms with van der Waals surface area (Å²) in [5, 5.41) is 9.14. The van der Waals surface area contributed by atoms with Crippen molar-refractivity contribution in [2.75, 3.05) is 0 Å². The summed E-state index contributed by atoms with van der Waals surface area (Å²) in [7, 11) is 0. The number of aromatic nitrogens is 4. The van der Waals surface area contributed by atoms with Crippen molar-refractivity contribution in [1.82, 2.24) is 19.7 Å². The molecule has 0 atom stereocenters. The molecule has 1 aromatic carbocycles. The summed E-state index contributed by atoms with van der Waals surface area (Å²) in [6, 6.07) is 8.32. The van der Waals surface area contributed by atoms with Crippen LogP contribution in [0.4, 0.5) is 0 Å². The van der Waals surface area contributed by atoms with Crippen molar-refractivity contribution in [3.63, 3.8) is 0 Å². The second kappa shape index (κ2) is 4.62. The molecule has 5 heteroatoms. The normalized spacial score (nSPS) is 11.2. The molecule has 0 saturated carbocycles. The minimum atomic E-state index is 0.424. The van der Waals surface area contributed by atoms with Gasteiger partial charge >= 0.3 is 0 Å². The molecular weight excluding hydrogens is 226 g/mol. The second-order valence-corrected chi connectivity index (χ2v) is 4.25. The molecule has 0 aliphatic heterocycles. The average molecular weight is 241 g/mol. The van der Waals surface area contributed by atoms with E-state index in [1.54, 1.807) is 6.33 Å². The number of hydrogen-bond acceptors (Lipinski definition) is 3. The Morgan fingerprint density at radius 2 is 2.17 bits per heavy atom. The molecule has 0 aliphatic rings. The predicted molar refractivity (Wildman–Crippen MR) is 69.9 cm³/mol. The molecule has 5 nitrogen and oxygen atoms in total. The van der Waals surface area contributed by atoms with Crippen molar-refractivity contribution < 1.29 is 0 Å². The van der Waals surface area contributed by atoms with Crippen LogP contribution in [0.15, 0.2) is 36.8 Å². The molecule has 0 aliphatic carbocycles. The molecule has 0 amide bonds. The van der Waals surface area contributed by atoms with E-state index in [1.165, 1.54) is 16.5 Å². The summed E-state index contributed by atoms with van der Waals surface area (Å²) >= 11 is 0. The Kier molecular flexibility index (Phi) is 2.82. The first-order valence-electron chi connectivity index (χ1n) is 6.00. The van der Waals surface area contributed by atoms with Crippen molar-refractivity contribution in [2.24, 2.45) is 5.73 Å². The lowest BCUT2D eigenvalue weighted by molar-refractivity contribution is 0.653. The largest absolute Gasteiger partial charge is 0.361 e. The molecule has 0 spiro atoms. The third-order valence-corrected chi connectivity index (χ3v) is 3.18. The van der Waals surface area contributed by atoms with Crippen LogP contribution < -0.4 is 5.73 Å². The number of fused-ring (bicyclic) bond motifs is 1. The zero-order valence-electron chi connectivity index (χ0n) is 10.0. The maximum atomic E-state index is 5.61. The number of nitrogens with zero attached hydrogens (tertiary/aromatic N) is 3. The number of aryl methyl sites for hydroxylation is 2. The van der Waals surface area contributed by atoms with Crippen LogP contribution in [0, 0.1) is 0 Å². The Hall–Kier alpha value is -2.14. The molecule has 2 heterocycles. The van der Waals surface area contributed by atoms with Crippen LogP contribution in [0.3, 0.4) is 0 Å². The standard InChI is InChI=1S/C13H15N5/c14-7-13-17-16-9-18(13)6-5-10-8-15-12-4-2-1-3-11(10)12/h1-4,8-9,15H,5-7,14H2. The number of para-hydroxylation sites is 1. The van der Waals surface area contributed by atoms with E-state index in [9.17, 15) is 0 Å². The number of nitrogens with two attached hydrogens (primary N) is 1. The third-order valence-electron chi connectivity index (χ3n) is 3.18. The zero-order chi connectivity index (χ0) is 12.4. The van der Waals surface area contributed by atoms with Crippen molar-refractivity contribution in [3.8, 4) is 0 Å². The highest BCUT2D eigenvalue weighted by molar-refractivity contribution is 5.82. The van der Waals surface area contributed by atoms with Gasteiger partial charge in [-0.2, -0.15) is 0 Å². The Morgan fingerprint density at radius 3 is 3.06 bits per heavy atom. The SMILES string of the molecule is NCc1nncn1CCc1c[nH]c2ccccc12. The van der Waals surface area contributed by atoms with Gasteiger partial charge in [-0.25, -0.2) is 0 Å². The van der Waals surface area contributed by atoms with E-state index >= 15 is 0 Å². The fraction of sp³-hybridized carbons (Fsp3) is 0.231. The lowest BCUT2D eigenvalue weighted by Gasteiger charge is -2.04. The van der Waals surface area contributed by atoms with Gasteiger partial charge in [0.25, 0.3) is 0 Å². The van der Waals surface area contributed by atoms with Gasteiger partial charge in [-0.15, -0.1) is 10.2 Å². The van der Waals surface area contributed by atoms with Crippen LogP contribution in [0.1, 0.15) is 11.4 Å². The fourth-order valence-corrected chi connectivity index (χ4v) is 2.20. The van der Waals surface area contributed by atoms with E-state index in [-0.39, 0.29) is 0 Å². The van der Waals surface area contributed by atoms with Crippen LogP contribution in [0.2, 0.25) is 0 Å². The minimum Gasteiger partial charge on any atom is -0.361 e. The lowest BCUT2D eigenvalue weighted by atomic mass is 10.1. The summed E-state index contributed by atoms with van der Waals surface area (Å²) < 4.78 is 2.00. The van der Waals surface area contributed by atoms with Crippen LogP contribution in [0.5, 0.6) is 0 Å². The second-order valence-electron chi connectivity index (χ2n) is 4.25. The average Bonchev–Trinajstić information content (AvgIpc) is 3.02. The number of benzene rings is 1. The number of aromatic amines is 1. The number of nitrogens with one attached hydrogen (secondary N) is 1. The Labute approximate surface area is 105 Å². The monoisotopic (exact) mass is 241 g/mol. The number of rotatable bonds is 4. The molecule has 0 radical (unpaired) electrons. The number of hydrogen-bond donors (Lipinski definition) is 2. The van der Waals surface area contributed by atoms with Crippen LogP contribution in [-0.4, -0.2) is 19.7 Å². The predicted octanol–water partition coefficient (Wildman–Crippen LogP) is 1.46. The molecule has 2 aromatic heterocycles. The molecule has 92 valence electrons. The van der Waals surface area contributed by atoms with E-state index in [1.807, 2.05) is 10.6 Å². The van der Waals surface area contributed by atoms with Crippen molar-refractivity contribution in [1.29, 1.82) is 0 Å². The van der Waals surface area contributed by atoms with Crippen molar-refractivity contribution in [3.05, 3.63) is 48.2 Å². The summed E-state index contributed by atoms with van der Waals surface area (Å²) in [5.74, 6) is 0.829. The van der Waals surface area contributed by atoms with Crippen LogP contribution in [-0.2, 0) is 19.5 Å². The molecule has 18 heavy (non-hydrogen) atoms. The lowest BCUT2D eigenvalue weighted by Crippen LogP contribution is -2.09. The van der Waals surface area contributed by atoms with Crippen LogP contribution >= 0.6 is 0 Å². The molecule has 3 rings (SSSR count). The Bertz CT molecular complexity index is 652. The van der Waals surface area contributed by atoms with Gasteiger partial charge < -0.3 is 15.3 Å². The highest BCUT2D eigenvalue weighted by Gasteiger charge is 2.05. The highest BCUT2D eigenvalue weighted by Crippen LogP contribution is 2.18. The third kappa shape index (κ3) is 1.89. The Morgan fingerprint density at radius 1 is 1.28 bits per heavy atom. The first-order valence-corrected chi connectivity index (χ1v) is 6.00. The number of H-pyrrole nitrogens is 1.